The fraction of sp³-hybridized carbons (Fsp3) is 0.588. The van der Waals surface area contributed by atoms with Gasteiger partial charge in [0.25, 0.3) is 0 Å². The molecule has 1 aromatic rings. The summed E-state index contributed by atoms with van der Waals surface area (Å²) >= 11 is 0. The monoisotopic (exact) mass is 338 g/mol. The van der Waals surface area contributed by atoms with Gasteiger partial charge in [0.15, 0.2) is 0 Å². The third kappa shape index (κ3) is 5.32. The second kappa shape index (κ2) is 7.93. The molecule has 6 heteroatoms. The van der Waals surface area contributed by atoms with E-state index in [-0.39, 0.29) is 11.8 Å². The molecule has 0 spiro atoms. The molecule has 1 amide bonds. The quantitative estimate of drug-likeness (QED) is 0.864. The lowest BCUT2D eigenvalue weighted by Gasteiger charge is -2.21. The van der Waals surface area contributed by atoms with Crippen LogP contribution in [-0.2, 0) is 21.4 Å². The summed E-state index contributed by atoms with van der Waals surface area (Å²) in [6.07, 6.45) is 2.06. The van der Waals surface area contributed by atoms with Crippen LogP contribution in [0.5, 0.6) is 0 Å². The highest BCUT2D eigenvalue weighted by atomic mass is 32.2. The van der Waals surface area contributed by atoms with E-state index >= 15 is 0 Å². The molecule has 0 aromatic heterocycles. The Balaban J connectivity index is 1.89. The number of carbonyl (C=O) groups is 1. The van der Waals surface area contributed by atoms with Crippen molar-refractivity contribution in [3.05, 3.63) is 35.9 Å². The Hall–Kier alpha value is -1.40. The summed E-state index contributed by atoms with van der Waals surface area (Å²) < 4.78 is 26.4. The van der Waals surface area contributed by atoms with Crippen molar-refractivity contribution in [2.24, 2.45) is 5.92 Å². The van der Waals surface area contributed by atoms with Crippen LogP contribution >= 0.6 is 0 Å². The van der Waals surface area contributed by atoms with Gasteiger partial charge >= 0.3 is 0 Å². The smallest absolute Gasteiger partial charge is 0.222 e. The maximum absolute atomic E-state index is 12.3. The number of amides is 1. The first-order valence-electron chi connectivity index (χ1n) is 8.18. The van der Waals surface area contributed by atoms with E-state index in [1.165, 1.54) is 0 Å². The number of benzene rings is 1. The van der Waals surface area contributed by atoms with Crippen LogP contribution in [0.15, 0.2) is 30.3 Å². The molecule has 1 heterocycles. The van der Waals surface area contributed by atoms with Gasteiger partial charge in [-0.25, -0.2) is 13.1 Å². The molecular formula is C17H26N2O3S. The van der Waals surface area contributed by atoms with Crippen molar-refractivity contribution in [2.75, 3.05) is 13.1 Å². The van der Waals surface area contributed by atoms with E-state index in [4.69, 9.17) is 0 Å². The summed E-state index contributed by atoms with van der Waals surface area (Å²) in [5.41, 5.74) is 1.12. The maximum Gasteiger partial charge on any atom is 0.222 e. The first-order chi connectivity index (χ1) is 10.9. The molecule has 1 saturated heterocycles. The number of sulfonamides is 1. The summed E-state index contributed by atoms with van der Waals surface area (Å²) in [5.74, 6) is 0.372. The topological polar surface area (TPSA) is 66.5 Å². The zero-order valence-corrected chi connectivity index (χ0v) is 14.7. The van der Waals surface area contributed by atoms with Crippen LogP contribution in [-0.4, -0.2) is 37.6 Å². The molecule has 1 aliphatic rings. The zero-order valence-electron chi connectivity index (χ0n) is 13.9. The molecule has 0 bridgehead atoms. The summed E-state index contributed by atoms with van der Waals surface area (Å²) in [5, 5.41) is -0.426. The fourth-order valence-electron chi connectivity index (χ4n) is 2.67. The van der Waals surface area contributed by atoms with Crippen LogP contribution in [0.2, 0.25) is 0 Å². The number of rotatable bonds is 6. The molecule has 1 aliphatic heterocycles. The highest BCUT2D eigenvalue weighted by Crippen LogP contribution is 2.20. The lowest BCUT2D eigenvalue weighted by Crippen LogP contribution is -2.35. The highest BCUT2D eigenvalue weighted by Gasteiger charge is 2.24. The van der Waals surface area contributed by atoms with Crippen LogP contribution in [0.25, 0.3) is 0 Å². The van der Waals surface area contributed by atoms with Crippen LogP contribution < -0.4 is 4.72 Å². The molecule has 128 valence electrons. The predicted molar refractivity (Wildman–Crippen MR) is 91.3 cm³/mol. The molecule has 1 atom stereocenters. The zero-order chi connectivity index (χ0) is 16.9. The normalized spacial score (nSPS) is 19.9. The summed E-state index contributed by atoms with van der Waals surface area (Å²) in [4.78, 5) is 14.1. The van der Waals surface area contributed by atoms with Gasteiger partial charge in [-0.3, -0.25) is 4.79 Å². The van der Waals surface area contributed by atoms with Crippen molar-refractivity contribution in [3.63, 3.8) is 0 Å². The molecular weight excluding hydrogens is 312 g/mol. The van der Waals surface area contributed by atoms with Crippen LogP contribution in [0.4, 0.5) is 0 Å². The van der Waals surface area contributed by atoms with Gasteiger partial charge in [0, 0.05) is 26.1 Å². The molecule has 0 saturated carbocycles. The summed E-state index contributed by atoms with van der Waals surface area (Å²) in [6, 6.07) is 9.95. The van der Waals surface area contributed by atoms with Gasteiger partial charge in [-0.1, -0.05) is 30.3 Å². The molecule has 1 aromatic carbocycles. The highest BCUT2D eigenvalue weighted by molar-refractivity contribution is 7.90. The Morgan fingerprint density at radius 2 is 1.91 bits per heavy atom. The largest absolute Gasteiger partial charge is 0.338 e. The Labute approximate surface area is 139 Å². The van der Waals surface area contributed by atoms with Crippen molar-refractivity contribution in [2.45, 2.75) is 44.9 Å². The van der Waals surface area contributed by atoms with E-state index in [1.807, 2.05) is 35.2 Å². The lowest BCUT2D eigenvalue weighted by atomic mass is 10.0. The van der Waals surface area contributed by atoms with Crippen molar-refractivity contribution in [1.29, 1.82) is 0 Å². The first-order valence-corrected chi connectivity index (χ1v) is 9.73. The minimum Gasteiger partial charge on any atom is -0.338 e. The Kier molecular flexibility index (Phi) is 6.18. The average molecular weight is 338 g/mol. The molecule has 0 aliphatic carbocycles. The average Bonchev–Trinajstić information content (AvgIpc) is 2.69. The van der Waals surface area contributed by atoms with Gasteiger partial charge < -0.3 is 4.90 Å². The van der Waals surface area contributed by atoms with Crippen molar-refractivity contribution < 1.29 is 13.2 Å². The summed E-state index contributed by atoms with van der Waals surface area (Å²) in [6.45, 7) is 5.07. The number of hydrogen-bond acceptors (Lipinski definition) is 3. The van der Waals surface area contributed by atoms with E-state index in [9.17, 15) is 13.2 Å². The van der Waals surface area contributed by atoms with Gasteiger partial charge in [0.05, 0.1) is 5.25 Å². The lowest BCUT2D eigenvalue weighted by molar-refractivity contribution is -0.131. The molecule has 1 N–H and O–H groups in total. The number of hydrogen-bond donors (Lipinski definition) is 1. The van der Waals surface area contributed by atoms with Gasteiger partial charge in [-0.05, 0) is 38.2 Å². The van der Waals surface area contributed by atoms with Crippen LogP contribution in [0, 0.1) is 5.92 Å². The number of nitrogens with one attached hydrogen (secondary N) is 1. The van der Waals surface area contributed by atoms with Gasteiger partial charge in [0.2, 0.25) is 15.9 Å². The Morgan fingerprint density at radius 3 is 2.57 bits per heavy atom. The number of carbonyl (C=O) groups excluding carboxylic acids is 1. The molecule has 23 heavy (non-hydrogen) atoms. The molecule has 5 nitrogen and oxygen atoms in total. The van der Waals surface area contributed by atoms with Gasteiger partial charge in [0.1, 0.15) is 0 Å². The molecule has 0 radical (unpaired) electrons. The molecule has 1 unspecified atom stereocenters. The minimum atomic E-state index is -3.23. The molecule has 1 fully saturated rings. The van der Waals surface area contributed by atoms with E-state index in [0.717, 1.165) is 18.4 Å². The molecule has 2 rings (SSSR count). The van der Waals surface area contributed by atoms with E-state index in [1.54, 1.807) is 13.8 Å². The van der Waals surface area contributed by atoms with Crippen molar-refractivity contribution in [3.8, 4) is 0 Å². The second-order valence-electron chi connectivity index (χ2n) is 6.44. The van der Waals surface area contributed by atoms with Crippen molar-refractivity contribution in [1.82, 2.24) is 9.62 Å². The first kappa shape index (κ1) is 17.9. The Bertz CT molecular complexity index is 614. The predicted octanol–water partition coefficient (Wildman–Crippen LogP) is 2.14. The van der Waals surface area contributed by atoms with E-state index < -0.39 is 15.3 Å². The van der Waals surface area contributed by atoms with Gasteiger partial charge in [-0.15, -0.1) is 0 Å². The fourth-order valence-corrected chi connectivity index (χ4v) is 3.47. The standard InChI is InChI=1S/C17H26N2O3S/c1-14(2)23(21,22)18-12-15-8-9-17(20)19(11-10-15)13-16-6-4-3-5-7-16/h3-7,14-15,18H,8-13H2,1-2H3. The number of nitrogens with zero attached hydrogens (tertiary/aromatic N) is 1. The van der Waals surface area contributed by atoms with E-state index in [0.29, 0.717) is 26.1 Å². The Morgan fingerprint density at radius 1 is 1.22 bits per heavy atom. The maximum atomic E-state index is 12.3. The van der Waals surface area contributed by atoms with Crippen molar-refractivity contribution >= 4 is 15.9 Å². The third-order valence-corrected chi connectivity index (χ3v) is 6.15. The van der Waals surface area contributed by atoms with Gasteiger partial charge in [-0.2, -0.15) is 0 Å². The summed E-state index contributed by atoms with van der Waals surface area (Å²) in [7, 11) is -3.23. The third-order valence-electron chi connectivity index (χ3n) is 4.34. The SMILES string of the molecule is CC(C)S(=O)(=O)NCC1CCC(=O)N(Cc2ccccc2)CC1. The second-order valence-corrected chi connectivity index (χ2v) is 8.76. The van der Waals surface area contributed by atoms with Crippen LogP contribution in [0.3, 0.4) is 0 Å². The number of likely N-dealkylation sites (tertiary alicyclic amines) is 1. The van der Waals surface area contributed by atoms with Crippen LogP contribution in [0.1, 0.15) is 38.7 Å². The van der Waals surface area contributed by atoms with E-state index in [2.05, 4.69) is 4.72 Å². The minimum absolute atomic E-state index is 0.156.